The van der Waals surface area contributed by atoms with Crippen molar-refractivity contribution in [3.05, 3.63) is 79.3 Å². The quantitative estimate of drug-likeness (QED) is 0.506. The smallest absolute Gasteiger partial charge is 0.179 e. The third kappa shape index (κ3) is 4.33. The molecule has 2 aromatic rings. The van der Waals surface area contributed by atoms with Crippen molar-refractivity contribution in [1.82, 2.24) is 0 Å². The van der Waals surface area contributed by atoms with Gasteiger partial charge in [-0.2, -0.15) is 0 Å². The number of hydrogen-bond acceptors (Lipinski definition) is 6. The average molecular weight is 465 g/mol. The maximum atomic E-state index is 5.82. The van der Waals surface area contributed by atoms with Crippen LogP contribution >= 0.6 is 22.7 Å². The Balaban J connectivity index is 1.29. The summed E-state index contributed by atoms with van der Waals surface area (Å²) in [6, 6.07) is 0. The fraction of sp³-hybridized carbons (Fsp3) is 0.231. The van der Waals surface area contributed by atoms with Gasteiger partial charge in [0.15, 0.2) is 23.0 Å². The molecule has 4 heterocycles. The van der Waals surface area contributed by atoms with E-state index in [1.54, 1.807) is 22.7 Å². The van der Waals surface area contributed by atoms with E-state index in [-0.39, 0.29) is 0 Å². The van der Waals surface area contributed by atoms with Crippen molar-refractivity contribution in [3.63, 3.8) is 0 Å². The molecule has 2 aromatic heterocycles. The topological polar surface area (TPSA) is 36.9 Å². The molecule has 0 amide bonds. The number of ether oxygens (including phenoxy) is 4. The van der Waals surface area contributed by atoms with Crippen LogP contribution in [-0.2, 0) is 0 Å². The first-order chi connectivity index (χ1) is 15.7. The number of allylic oxidation sites excluding steroid dienone is 10. The third-order valence-corrected chi connectivity index (χ3v) is 7.25. The fourth-order valence-corrected chi connectivity index (χ4v) is 5.59. The summed E-state index contributed by atoms with van der Waals surface area (Å²) in [4.78, 5) is 4.50. The van der Waals surface area contributed by atoms with E-state index in [9.17, 15) is 0 Å². The Kier molecular flexibility index (Phi) is 6.06. The Labute approximate surface area is 196 Å². The first kappa shape index (κ1) is 20.9. The summed E-state index contributed by atoms with van der Waals surface area (Å²) in [5, 5.41) is 0. The van der Waals surface area contributed by atoms with Gasteiger partial charge in [0.05, 0.1) is 9.75 Å². The lowest BCUT2D eigenvalue weighted by molar-refractivity contribution is 0.172. The minimum Gasteiger partial charge on any atom is -0.485 e. The van der Waals surface area contributed by atoms with Crippen LogP contribution in [0.4, 0.5) is 0 Å². The van der Waals surface area contributed by atoms with E-state index >= 15 is 0 Å². The summed E-state index contributed by atoms with van der Waals surface area (Å²) in [6.45, 7) is 6.57. The molecule has 2 aliphatic heterocycles. The Hall–Kier alpha value is -2.96. The van der Waals surface area contributed by atoms with Crippen LogP contribution in [0, 0.1) is 13.8 Å². The normalized spacial score (nSPS) is 22.7. The van der Waals surface area contributed by atoms with E-state index in [1.165, 1.54) is 0 Å². The molecule has 0 spiro atoms. The van der Waals surface area contributed by atoms with E-state index < -0.39 is 0 Å². The largest absolute Gasteiger partial charge is 0.485 e. The zero-order valence-electron chi connectivity index (χ0n) is 18.1. The van der Waals surface area contributed by atoms with Gasteiger partial charge in [-0.1, -0.05) is 48.6 Å². The molecule has 6 heteroatoms. The minimum atomic E-state index is 0.601. The Morgan fingerprint density at radius 3 is 1.44 bits per heavy atom. The number of hydrogen-bond donors (Lipinski definition) is 0. The van der Waals surface area contributed by atoms with Crippen molar-refractivity contribution in [3.8, 4) is 23.0 Å². The van der Waals surface area contributed by atoms with Crippen molar-refractivity contribution in [2.75, 3.05) is 26.4 Å². The Morgan fingerprint density at radius 2 is 1.00 bits per heavy atom. The molecule has 0 bridgehead atoms. The second kappa shape index (κ2) is 9.27. The Morgan fingerprint density at radius 1 is 0.594 bits per heavy atom. The van der Waals surface area contributed by atoms with Crippen LogP contribution in [0.3, 0.4) is 0 Å². The molecule has 0 atom stereocenters. The molecule has 4 nitrogen and oxygen atoms in total. The fourth-order valence-electron chi connectivity index (χ4n) is 3.68. The Bertz CT molecular complexity index is 1110. The van der Waals surface area contributed by atoms with Crippen LogP contribution in [0.15, 0.2) is 59.8 Å². The van der Waals surface area contributed by atoms with Gasteiger partial charge in [-0.15, -0.1) is 22.7 Å². The van der Waals surface area contributed by atoms with Gasteiger partial charge in [0.25, 0.3) is 0 Å². The molecular formula is C26H24O4S2. The summed E-state index contributed by atoms with van der Waals surface area (Å²) in [7, 11) is 0. The van der Waals surface area contributed by atoms with Gasteiger partial charge in [-0.3, -0.25) is 0 Å². The molecule has 0 saturated heterocycles. The van der Waals surface area contributed by atoms with Crippen molar-refractivity contribution in [2.45, 2.75) is 13.8 Å². The summed E-state index contributed by atoms with van der Waals surface area (Å²) < 4.78 is 23.1. The SMILES string of the molecule is Cc1sc(/C=C/C2=C\C=C\C(\C=C\c3sc(C)c4c3OCCO4)=C/C=C\2)c2c1OCCO2. The first-order valence-corrected chi connectivity index (χ1v) is 12.2. The molecule has 0 N–H and O–H groups in total. The van der Waals surface area contributed by atoms with Gasteiger partial charge in [0.2, 0.25) is 0 Å². The molecule has 32 heavy (non-hydrogen) atoms. The van der Waals surface area contributed by atoms with Crippen molar-refractivity contribution < 1.29 is 18.9 Å². The van der Waals surface area contributed by atoms with Gasteiger partial charge >= 0.3 is 0 Å². The van der Waals surface area contributed by atoms with Gasteiger partial charge in [0, 0.05) is 9.75 Å². The van der Waals surface area contributed by atoms with Crippen LogP contribution < -0.4 is 18.9 Å². The zero-order valence-corrected chi connectivity index (χ0v) is 19.7. The average Bonchev–Trinajstić information content (AvgIpc) is 3.29. The molecule has 0 fully saturated rings. The summed E-state index contributed by atoms with van der Waals surface area (Å²) in [5.74, 6) is 3.52. The molecule has 0 saturated carbocycles. The molecule has 1 aliphatic carbocycles. The van der Waals surface area contributed by atoms with Gasteiger partial charge in [0.1, 0.15) is 26.4 Å². The van der Waals surface area contributed by atoms with E-state index in [4.69, 9.17) is 18.9 Å². The summed E-state index contributed by atoms with van der Waals surface area (Å²) in [5.41, 5.74) is 2.23. The van der Waals surface area contributed by atoms with Gasteiger partial charge < -0.3 is 18.9 Å². The highest BCUT2D eigenvalue weighted by atomic mass is 32.1. The monoisotopic (exact) mass is 464 g/mol. The highest BCUT2D eigenvalue weighted by molar-refractivity contribution is 7.14. The zero-order chi connectivity index (χ0) is 21.9. The molecule has 0 aromatic carbocycles. The van der Waals surface area contributed by atoms with Crippen LogP contribution in [0.2, 0.25) is 0 Å². The van der Waals surface area contributed by atoms with Crippen LogP contribution in [0.1, 0.15) is 19.5 Å². The first-order valence-electron chi connectivity index (χ1n) is 10.6. The minimum absolute atomic E-state index is 0.601. The molecule has 0 unspecified atom stereocenters. The molecule has 3 aliphatic rings. The molecule has 5 rings (SSSR count). The lowest BCUT2D eigenvalue weighted by Crippen LogP contribution is -2.14. The van der Waals surface area contributed by atoms with Gasteiger partial charge in [-0.25, -0.2) is 0 Å². The van der Waals surface area contributed by atoms with Crippen LogP contribution in [-0.4, -0.2) is 26.4 Å². The van der Waals surface area contributed by atoms with Gasteiger partial charge in [-0.05, 0) is 37.1 Å². The standard InChI is InChI=1S/C26H24O4S2/c1-17-23-25(29-15-13-27-23)21(31-17)11-9-19-5-3-7-20(8-4-6-19)10-12-22-26-24(18(2)32-22)28-14-16-30-26/h3-12H,13-16H2,1-2H3/b5-3-,6-4?,7-3?,8-4+,11-9+,12-10+,19-5?,19-6-,20-7+,20-8?. The van der Waals surface area contributed by atoms with Crippen LogP contribution in [0.5, 0.6) is 23.0 Å². The highest BCUT2D eigenvalue weighted by Crippen LogP contribution is 2.45. The van der Waals surface area contributed by atoms with E-state index in [0.717, 1.165) is 53.7 Å². The lowest BCUT2D eigenvalue weighted by Gasteiger charge is -2.16. The lowest BCUT2D eigenvalue weighted by atomic mass is 10.1. The maximum Gasteiger partial charge on any atom is 0.179 e. The van der Waals surface area contributed by atoms with E-state index in [1.807, 2.05) is 0 Å². The summed E-state index contributed by atoms with van der Waals surface area (Å²) in [6.07, 6.45) is 21.0. The predicted octanol–water partition coefficient (Wildman–Crippen LogP) is 6.67. The van der Waals surface area contributed by atoms with Crippen molar-refractivity contribution in [2.24, 2.45) is 0 Å². The van der Waals surface area contributed by atoms with Crippen molar-refractivity contribution in [1.29, 1.82) is 0 Å². The maximum absolute atomic E-state index is 5.82. The number of thiophene rings is 2. The summed E-state index contributed by atoms with van der Waals surface area (Å²) >= 11 is 3.40. The third-order valence-electron chi connectivity index (χ3n) is 5.19. The molecular weight excluding hydrogens is 440 g/mol. The van der Waals surface area contributed by atoms with Crippen LogP contribution in [0.25, 0.3) is 12.2 Å². The number of rotatable bonds is 4. The predicted molar refractivity (Wildman–Crippen MR) is 133 cm³/mol. The van der Waals surface area contributed by atoms with E-state index in [0.29, 0.717) is 26.4 Å². The molecule has 164 valence electrons. The van der Waals surface area contributed by atoms with Crippen molar-refractivity contribution >= 4 is 34.8 Å². The van der Waals surface area contributed by atoms with E-state index in [2.05, 4.69) is 74.6 Å². The molecule has 0 radical (unpaired) electrons. The second-order valence-corrected chi connectivity index (χ2v) is 9.99. The highest BCUT2D eigenvalue weighted by Gasteiger charge is 2.21. The second-order valence-electron chi connectivity index (χ2n) is 7.47. The number of aryl methyl sites for hydroxylation is 2. The number of fused-ring (bicyclic) bond motifs is 2.